The third-order valence-electron chi connectivity index (χ3n) is 3.30. The monoisotopic (exact) mass is 394 g/mol. The molecule has 0 radical (unpaired) electrons. The van der Waals surface area contributed by atoms with E-state index in [1.54, 1.807) is 0 Å². The molecule has 1 aliphatic rings. The van der Waals surface area contributed by atoms with E-state index in [1.807, 2.05) is 0 Å². The maximum atomic E-state index is 13.4. The summed E-state index contributed by atoms with van der Waals surface area (Å²) in [7, 11) is 0. The first kappa shape index (κ1) is 19.7. The van der Waals surface area contributed by atoms with Gasteiger partial charge in [-0.1, -0.05) is 11.8 Å². The van der Waals surface area contributed by atoms with E-state index >= 15 is 0 Å². The Kier molecular flexibility index (Phi) is 6.81. The molecular formula is C15H14ClF3N2O3S. The van der Waals surface area contributed by atoms with Crippen LogP contribution in [-0.2, 0) is 11.3 Å². The Hall–Kier alpha value is -1.63. The van der Waals surface area contributed by atoms with Crippen LogP contribution in [0.4, 0.5) is 18.9 Å². The minimum absolute atomic E-state index is 0.0570. The number of alkyl halides is 4. The summed E-state index contributed by atoms with van der Waals surface area (Å²) in [6.45, 7) is -1.39. The van der Waals surface area contributed by atoms with Crippen molar-refractivity contribution in [3.05, 3.63) is 28.2 Å². The van der Waals surface area contributed by atoms with E-state index in [9.17, 15) is 22.8 Å². The van der Waals surface area contributed by atoms with Gasteiger partial charge in [-0.3, -0.25) is 9.59 Å². The average Bonchev–Trinajstić information content (AvgIpc) is 2.88. The number of hydrogen-bond acceptors (Lipinski definition) is 4. The van der Waals surface area contributed by atoms with Gasteiger partial charge in [-0.25, -0.2) is 13.2 Å². The zero-order chi connectivity index (χ0) is 18.6. The van der Waals surface area contributed by atoms with Crippen LogP contribution in [0.2, 0.25) is 0 Å². The molecule has 0 aromatic carbocycles. The largest absolute Gasteiger partial charge is 0.384 e. The second kappa shape index (κ2) is 8.65. The standard InChI is InChI=1S/C15H14ClF3N2O3S/c16-13-10(17)5-11(25-13)14(23)20-9-4-8(2-1-3-22)15(24)21(6-9)7-12(18)19/h4,6,10-13,22H,3,5,7H2,(H,20,23). The average molecular weight is 395 g/mol. The summed E-state index contributed by atoms with van der Waals surface area (Å²) >= 11 is 6.69. The van der Waals surface area contributed by atoms with Crippen molar-refractivity contribution in [2.45, 2.75) is 35.5 Å². The third-order valence-corrected chi connectivity index (χ3v) is 5.17. The Morgan fingerprint density at radius 3 is 2.84 bits per heavy atom. The molecule has 2 N–H and O–H groups in total. The Morgan fingerprint density at radius 2 is 2.28 bits per heavy atom. The Balaban J connectivity index is 2.27. The first-order valence-electron chi connectivity index (χ1n) is 7.18. The highest BCUT2D eigenvalue weighted by molar-refractivity contribution is 8.02. The van der Waals surface area contributed by atoms with Crippen molar-refractivity contribution in [2.24, 2.45) is 0 Å². The van der Waals surface area contributed by atoms with Gasteiger partial charge in [0, 0.05) is 12.6 Å². The Morgan fingerprint density at radius 1 is 1.56 bits per heavy atom. The van der Waals surface area contributed by atoms with Crippen molar-refractivity contribution in [1.29, 1.82) is 0 Å². The highest BCUT2D eigenvalue weighted by Crippen LogP contribution is 2.38. The van der Waals surface area contributed by atoms with Gasteiger partial charge in [0.1, 0.15) is 17.5 Å². The van der Waals surface area contributed by atoms with Crippen molar-refractivity contribution >= 4 is 35.0 Å². The summed E-state index contributed by atoms with van der Waals surface area (Å²) < 4.78 is 38.6. The topological polar surface area (TPSA) is 71.3 Å². The number of thioether (sulfide) groups is 1. The lowest BCUT2D eigenvalue weighted by Crippen LogP contribution is -2.28. The van der Waals surface area contributed by atoms with Gasteiger partial charge >= 0.3 is 0 Å². The highest BCUT2D eigenvalue weighted by Gasteiger charge is 2.37. The van der Waals surface area contributed by atoms with Crippen molar-refractivity contribution < 1.29 is 23.1 Å². The molecule has 1 saturated heterocycles. The van der Waals surface area contributed by atoms with Crippen molar-refractivity contribution in [2.75, 3.05) is 11.9 Å². The number of aromatic nitrogens is 1. The van der Waals surface area contributed by atoms with Gasteiger partial charge < -0.3 is 15.0 Å². The molecule has 3 atom stereocenters. The van der Waals surface area contributed by atoms with Gasteiger partial charge in [0.15, 0.2) is 0 Å². The second-order valence-electron chi connectivity index (χ2n) is 5.17. The molecule has 25 heavy (non-hydrogen) atoms. The predicted molar refractivity (Wildman–Crippen MR) is 89.8 cm³/mol. The summed E-state index contributed by atoms with van der Waals surface area (Å²) in [5.41, 5.74) is -0.842. The lowest BCUT2D eigenvalue weighted by molar-refractivity contribution is -0.115. The van der Waals surface area contributed by atoms with E-state index in [0.29, 0.717) is 0 Å². The van der Waals surface area contributed by atoms with Crippen LogP contribution in [0.1, 0.15) is 12.0 Å². The van der Waals surface area contributed by atoms with Crippen LogP contribution >= 0.6 is 23.4 Å². The first-order valence-corrected chi connectivity index (χ1v) is 8.56. The van der Waals surface area contributed by atoms with Gasteiger partial charge in [0.05, 0.1) is 23.0 Å². The summed E-state index contributed by atoms with van der Waals surface area (Å²) in [6.07, 6.45) is -3.09. The number of amides is 1. The number of aliphatic hydroxyl groups is 1. The number of carbonyl (C=O) groups excluding carboxylic acids is 1. The van der Waals surface area contributed by atoms with Crippen molar-refractivity contribution in [1.82, 2.24) is 4.57 Å². The normalized spacial score (nSPS) is 22.6. The molecule has 0 saturated carbocycles. The zero-order valence-electron chi connectivity index (χ0n) is 12.7. The summed E-state index contributed by atoms with van der Waals surface area (Å²) in [4.78, 5) is 24.2. The fraction of sp³-hybridized carbons (Fsp3) is 0.467. The summed E-state index contributed by atoms with van der Waals surface area (Å²) in [5.74, 6) is 4.07. The van der Waals surface area contributed by atoms with E-state index < -0.39 is 47.2 Å². The van der Waals surface area contributed by atoms with Crippen LogP contribution < -0.4 is 10.9 Å². The lowest BCUT2D eigenvalue weighted by atomic mass is 10.2. The van der Waals surface area contributed by atoms with Crippen LogP contribution in [-0.4, -0.2) is 44.7 Å². The molecule has 2 heterocycles. The number of aliphatic hydroxyl groups excluding tert-OH is 1. The van der Waals surface area contributed by atoms with E-state index in [2.05, 4.69) is 17.2 Å². The molecule has 136 valence electrons. The molecule has 1 fully saturated rings. The number of nitrogens with one attached hydrogen (secondary N) is 1. The molecular weight excluding hydrogens is 381 g/mol. The van der Waals surface area contributed by atoms with Crippen LogP contribution in [0.3, 0.4) is 0 Å². The van der Waals surface area contributed by atoms with Gasteiger partial charge in [-0.15, -0.1) is 23.4 Å². The molecule has 1 aliphatic heterocycles. The fourth-order valence-corrected chi connectivity index (χ4v) is 3.76. The smallest absolute Gasteiger partial charge is 0.266 e. The molecule has 0 bridgehead atoms. The molecule has 5 nitrogen and oxygen atoms in total. The number of rotatable bonds is 4. The summed E-state index contributed by atoms with van der Waals surface area (Å²) in [5, 5.41) is 10.5. The number of hydrogen-bond donors (Lipinski definition) is 2. The highest BCUT2D eigenvalue weighted by atomic mass is 35.5. The fourth-order valence-electron chi connectivity index (χ4n) is 2.21. The molecule has 1 aromatic heterocycles. The first-order chi connectivity index (χ1) is 11.8. The van der Waals surface area contributed by atoms with E-state index in [1.165, 1.54) is 6.07 Å². The van der Waals surface area contributed by atoms with Crippen LogP contribution in [0.5, 0.6) is 0 Å². The number of pyridine rings is 1. The molecule has 1 amide bonds. The molecule has 10 heteroatoms. The lowest BCUT2D eigenvalue weighted by Gasteiger charge is -2.13. The minimum Gasteiger partial charge on any atom is -0.384 e. The Labute approximate surface area is 150 Å². The molecule has 0 aliphatic carbocycles. The predicted octanol–water partition coefficient (Wildman–Crippen LogP) is 1.80. The quantitative estimate of drug-likeness (QED) is 0.603. The van der Waals surface area contributed by atoms with E-state index in [4.69, 9.17) is 16.7 Å². The number of halogens is 4. The minimum atomic E-state index is -2.78. The second-order valence-corrected chi connectivity index (χ2v) is 7.25. The maximum absolute atomic E-state index is 13.4. The van der Waals surface area contributed by atoms with Crippen molar-refractivity contribution in [3.63, 3.8) is 0 Å². The van der Waals surface area contributed by atoms with Crippen molar-refractivity contribution in [3.8, 4) is 11.8 Å². The third kappa shape index (κ3) is 5.17. The van der Waals surface area contributed by atoms with Gasteiger partial charge in [-0.05, 0) is 6.07 Å². The zero-order valence-corrected chi connectivity index (χ0v) is 14.3. The van der Waals surface area contributed by atoms with Crippen LogP contribution in [0.15, 0.2) is 17.1 Å². The van der Waals surface area contributed by atoms with Crippen LogP contribution in [0.25, 0.3) is 0 Å². The number of nitrogens with zero attached hydrogens (tertiary/aromatic N) is 1. The Bertz CT molecular complexity index is 753. The number of anilines is 1. The van der Waals surface area contributed by atoms with E-state index in [0.717, 1.165) is 22.5 Å². The summed E-state index contributed by atoms with van der Waals surface area (Å²) in [6, 6.07) is 1.22. The van der Waals surface area contributed by atoms with Gasteiger partial charge in [0.25, 0.3) is 12.0 Å². The number of carbonyl (C=O) groups is 1. The van der Waals surface area contributed by atoms with Gasteiger partial charge in [0.2, 0.25) is 5.91 Å². The molecule has 1 aromatic rings. The molecule has 0 spiro atoms. The van der Waals surface area contributed by atoms with Gasteiger partial charge in [-0.2, -0.15) is 0 Å². The molecule has 2 rings (SSSR count). The maximum Gasteiger partial charge on any atom is 0.266 e. The van der Waals surface area contributed by atoms with Crippen LogP contribution in [0, 0.1) is 11.8 Å². The van der Waals surface area contributed by atoms with E-state index in [-0.39, 0.29) is 17.7 Å². The molecule has 3 unspecified atom stereocenters. The SMILES string of the molecule is O=C(Nc1cc(C#CCO)c(=O)n(CC(F)F)c1)C1CC(F)C(Cl)S1.